The number of nitrogens with zero attached hydrogens (tertiary/aromatic N) is 2. The van der Waals surface area contributed by atoms with Crippen molar-refractivity contribution in [1.29, 1.82) is 5.26 Å². The molecule has 0 aliphatic rings. The average Bonchev–Trinajstić information content (AvgIpc) is 3.22. The highest BCUT2D eigenvalue weighted by Gasteiger charge is 2.27. The Morgan fingerprint density at radius 3 is 2.53 bits per heavy atom. The second-order valence-electron chi connectivity index (χ2n) is 7.58. The summed E-state index contributed by atoms with van der Waals surface area (Å²) in [6.07, 6.45) is 0.645. The Labute approximate surface area is 187 Å². The summed E-state index contributed by atoms with van der Waals surface area (Å²) in [5.41, 5.74) is 2.93. The predicted octanol–water partition coefficient (Wildman–Crippen LogP) is 4.18. The highest BCUT2D eigenvalue weighted by molar-refractivity contribution is 7.86. The lowest BCUT2D eigenvalue weighted by molar-refractivity contribution is 0.0785. The van der Waals surface area contributed by atoms with Crippen LogP contribution in [0.15, 0.2) is 90.0 Å². The van der Waals surface area contributed by atoms with Crippen LogP contribution >= 0.6 is 0 Å². The predicted molar refractivity (Wildman–Crippen MR) is 122 cm³/mol. The van der Waals surface area contributed by atoms with E-state index in [-0.39, 0.29) is 4.90 Å². The van der Waals surface area contributed by atoms with Crippen LogP contribution in [0.4, 0.5) is 0 Å². The Balaban J connectivity index is 1.68. The van der Waals surface area contributed by atoms with Crippen LogP contribution in [-0.2, 0) is 14.3 Å². The van der Waals surface area contributed by atoms with Crippen LogP contribution in [0.1, 0.15) is 22.7 Å². The van der Waals surface area contributed by atoms with Gasteiger partial charge in [-0.3, -0.25) is 4.18 Å². The van der Waals surface area contributed by atoms with Crippen molar-refractivity contribution in [2.24, 2.45) is 0 Å². The summed E-state index contributed by atoms with van der Waals surface area (Å²) < 4.78 is 32.3. The third-order valence-electron chi connectivity index (χ3n) is 5.35. The minimum Gasteiger partial charge on any atom is -0.388 e. The van der Waals surface area contributed by atoms with Crippen LogP contribution < -0.4 is 0 Å². The molecular formula is C25H22N2O4S. The number of rotatable bonds is 7. The minimum absolute atomic E-state index is 0.0322. The van der Waals surface area contributed by atoms with Crippen molar-refractivity contribution >= 4 is 21.0 Å². The molecule has 6 nitrogen and oxygen atoms in total. The van der Waals surface area contributed by atoms with E-state index in [1.807, 2.05) is 48.0 Å². The van der Waals surface area contributed by atoms with Gasteiger partial charge in [-0.05, 0) is 54.3 Å². The first-order chi connectivity index (χ1) is 15.4. The van der Waals surface area contributed by atoms with Gasteiger partial charge in [-0.25, -0.2) is 0 Å². The molecule has 3 aromatic carbocycles. The highest BCUT2D eigenvalue weighted by Crippen LogP contribution is 2.29. The third kappa shape index (κ3) is 4.43. The molecule has 0 radical (unpaired) electrons. The Morgan fingerprint density at radius 2 is 1.78 bits per heavy atom. The van der Waals surface area contributed by atoms with E-state index in [0.717, 1.165) is 16.5 Å². The van der Waals surface area contributed by atoms with E-state index in [0.29, 0.717) is 11.1 Å². The van der Waals surface area contributed by atoms with Crippen LogP contribution in [0, 0.1) is 18.3 Å². The zero-order valence-corrected chi connectivity index (χ0v) is 18.2. The quantitative estimate of drug-likeness (QED) is 0.430. The molecule has 4 aromatic rings. The molecule has 162 valence electrons. The largest absolute Gasteiger partial charge is 0.388 e. The van der Waals surface area contributed by atoms with Crippen LogP contribution in [0.2, 0.25) is 0 Å². The van der Waals surface area contributed by atoms with E-state index in [4.69, 9.17) is 4.18 Å². The molecule has 0 fully saturated rings. The molecule has 7 heteroatoms. The number of hydrogen-bond donors (Lipinski definition) is 1. The van der Waals surface area contributed by atoms with Crippen molar-refractivity contribution in [2.45, 2.75) is 24.0 Å². The van der Waals surface area contributed by atoms with Gasteiger partial charge in [0.05, 0.1) is 29.2 Å². The number of hydrogen-bond acceptors (Lipinski definition) is 5. The molecule has 1 heterocycles. The number of fused-ring (bicyclic) bond motifs is 1. The molecule has 32 heavy (non-hydrogen) atoms. The number of aromatic nitrogens is 1. The second-order valence-corrected chi connectivity index (χ2v) is 9.20. The van der Waals surface area contributed by atoms with Gasteiger partial charge in [-0.2, -0.15) is 13.7 Å². The molecule has 4 rings (SSSR count). The van der Waals surface area contributed by atoms with Crippen LogP contribution in [0.25, 0.3) is 10.9 Å². The van der Waals surface area contributed by atoms with Gasteiger partial charge in [0.25, 0.3) is 10.1 Å². The van der Waals surface area contributed by atoms with Crippen molar-refractivity contribution in [3.63, 3.8) is 0 Å². The monoisotopic (exact) mass is 446 g/mol. The zero-order valence-electron chi connectivity index (χ0n) is 17.4. The van der Waals surface area contributed by atoms with Gasteiger partial charge in [0, 0.05) is 11.7 Å². The highest BCUT2D eigenvalue weighted by atomic mass is 32.2. The van der Waals surface area contributed by atoms with Gasteiger partial charge in [0.1, 0.15) is 6.10 Å². The van der Waals surface area contributed by atoms with E-state index in [1.165, 1.54) is 12.1 Å². The molecule has 0 aliphatic heterocycles. The molecule has 0 amide bonds. The van der Waals surface area contributed by atoms with Crippen molar-refractivity contribution in [3.05, 3.63) is 102 Å². The lowest BCUT2D eigenvalue weighted by atomic mass is 9.99. The van der Waals surface area contributed by atoms with Crippen molar-refractivity contribution < 1.29 is 17.7 Å². The maximum absolute atomic E-state index is 12.6. The van der Waals surface area contributed by atoms with Gasteiger partial charge >= 0.3 is 0 Å². The molecule has 2 atom stereocenters. The van der Waals surface area contributed by atoms with Gasteiger partial charge in [-0.1, -0.05) is 48.0 Å². The summed E-state index contributed by atoms with van der Waals surface area (Å²) in [4.78, 5) is 0.0322. The van der Waals surface area contributed by atoms with Crippen LogP contribution in [0.5, 0.6) is 0 Å². The van der Waals surface area contributed by atoms with Gasteiger partial charge in [-0.15, -0.1) is 0 Å². The van der Waals surface area contributed by atoms with Gasteiger partial charge in [0.15, 0.2) is 0 Å². The SMILES string of the molecule is Cc1ccc(S(=O)(=O)OC[C@@H](O)[C@H](c2cccc(C#N)c2)n2ccc3ccccc32)cc1. The first kappa shape index (κ1) is 21.8. The lowest BCUT2D eigenvalue weighted by Crippen LogP contribution is -2.30. The zero-order chi connectivity index (χ0) is 22.7. The lowest BCUT2D eigenvalue weighted by Gasteiger charge is -2.26. The molecule has 0 saturated carbocycles. The summed E-state index contributed by atoms with van der Waals surface area (Å²) in [7, 11) is -4.03. The fourth-order valence-electron chi connectivity index (χ4n) is 3.73. The molecule has 0 unspecified atom stereocenters. The first-order valence-electron chi connectivity index (χ1n) is 10.1. The Kier molecular flexibility index (Phi) is 6.10. The molecular weight excluding hydrogens is 424 g/mol. The van der Waals surface area contributed by atoms with E-state index in [9.17, 15) is 18.8 Å². The summed E-state index contributed by atoms with van der Waals surface area (Å²) in [6.45, 7) is 1.42. The van der Waals surface area contributed by atoms with Gasteiger partial charge in [0.2, 0.25) is 0 Å². The maximum atomic E-state index is 12.6. The third-order valence-corrected chi connectivity index (χ3v) is 6.65. The summed E-state index contributed by atoms with van der Waals surface area (Å²) in [6, 6.07) is 24.3. The van der Waals surface area contributed by atoms with E-state index in [1.54, 1.807) is 36.4 Å². The van der Waals surface area contributed by atoms with Crippen LogP contribution in [-0.4, -0.2) is 30.8 Å². The van der Waals surface area contributed by atoms with Gasteiger partial charge < -0.3 is 9.67 Å². The topological polar surface area (TPSA) is 92.3 Å². The number of aryl methyl sites for hydroxylation is 1. The number of para-hydroxylation sites is 1. The molecule has 1 N–H and O–H groups in total. The normalized spacial score (nSPS) is 13.5. The molecule has 0 saturated heterocycles. The van der Waals surface area contributed by atoms with E-state index < -0.39 is 28.9 Å². The number of benzene rings is 3. The molecule has 1 aromatic heterocycles. The average molecular weight is 447 g/mol. The number of aliphatic hydroxyl groups excluding tert-OH is 1. The molecule has 0 aliphatic carbocycles. The Morgan fingerprint density at radius 1 is 1.03 bits per heavy atom. The first-order valence-corrected chi connectivity index (χ1v) is 11.5. The van der Waals surface area contributed by atoms with Crippen LogP contribution in [0.3, 0.4) is 0 Å². The fourth-order valence-corrected chi connectivity index (χ4v) is 4.65. The number of nitriles is 1. The maximum Gasteiger partial charge on any atom is 0.297 e. The summed E-state index contributed by atoms with van der Waals surface area (Å²) in [5, 5.41) is 21.4. The Hall–Kier alpha value is -3.44. The van der Waals surface area contributed by atoms with Crippen molar-refractivity contribution in [1.82, 2.24) is 4.57 Å². The summed E-state index contributed by atoms with van der Waals surface area (Å²) in [5.74, 6) is 0. The molecule has 0 spiro atoms. The Bertz CT molecular complexity index is 1390. The summed E-state index contributed by atoms with van der Waals surface area (Å²) >= 11 is 0. The van der Waals surface area contributed by atoms with E-state index in [2.05, 4.69) is 6.07 Å². The van der Waals surface area contributed by atoms with Crippen molar-refractivity contribution in [3.8, 4) is 6.07 Å². The minimum atomic E-state index is -4.03. The molecule has 0 bridgehead atoms. The van der Waals surface area contributed by atoms with Crippen molar-refractivity contribution in [2.75, 3.05) is 6.61 Å². The standard InChI is InChI=1S/C25H22N2O4S/c1-18-9-11-22(12-10-18)32(29,30)31-17-24(28)25(21-7-4-5-19(15-21)16-26)27-14-13-20-6-2-3-8-23(20)27/h2-15,24-25,28H,17H2,1H3/t24-,25+/m1/s1. The number of aliphatic hydroxyl groups is 1. The fraction of sp³-hybridized carbons (Fsp3) is 0.160. The second kappa shape index (κ2) is 8.97. The smallest absolute Gasteiger partial charge is 0.297 e. The van der Waals surface area contributed by atoms with E-state index >= 15 is 0 Å².